The summed E-state index contributed by atoms with van der Waals surface area (Å²) in [5, 5.41) is 20.7. The van der Waals surface area contributed by atoms with Crippen molar-refractivity contribution in [2.45, 2.75) is 44.5 Å². The van der Waals surface area contributed by atoms with Gasteiger partial charge in [0.2, 0.25) is 0 Å². The molecule has 16 heavy (non-hydrogen) atoms. The van der Waals surface area contributed by atoms with Gasteiger partial charge in [0, 0.05) is 24.6 Å². The number of hydrogen-bond donors (Lipinski definition) is 3. The van der Waals surface area contributed by atoms with Crippen molar-refractivity contribution in [2.75, 3.05) is 13.2 Å². The lowest BCUT2D eigenvalue weighted by Gasteiger charge is -2.31. The Morgan fingerprint density at radius 3 is 2.62 bits per heavy atom. The minimum Gasteiger partial charge on any atom is -0.396 e. The first-order valence-electron chi connectivity index (χ1n) is 5.38. The summed E-state index contributed by atoms with van der Waals surface area (Å²) in [6.45, 7) is 1.29. The van der Waals surface area contributed by atoms with Crippen molar-refractivity contribution in [3.05, 3.63) is 0 Å². The van der Waals surface area contributed by atoms with E-state index in [1.807, 2.05) is 6.92 Å². The van der Waals surface area contributed by atoms with Crippen LogP contribution in [0.1, 0.15) is 26.2 Å². The van der Waals surface area contributed by atoms with Crippen LogP contribution in [0.2, 0.25) is 0 Å². The van der Waals surface area contributed by atoms with E-state index in [0.29, 0.717) is 0 Å². The van der Waals surface area contributed by atoms with E-state index >= 15 is 0 Å². The van der Waals surface area contributed by atoms with Crippen LogP contribution in [0.5, 0.6) is 0 Å². The monoisotopic (exact) mass is 241 g/mol. The summed E-state index contributed by atoms with van der Waals surface area (Å²) in [6, 6.07) is -0.158. The van der Waals surface area contributed by atoms with Crippen molar-refractivity contribution < 1.29 is 23.4 Å². The lowest BCUT2D eigenvalue weighted by atomic mass is 9.86. The Balaban J connectivity index is 2.44. The molecule has 0 aromatic carbocycles. The first kappa shape index (κ1) is 13.7. The van der Waals surface area contributed by atoms with Gasteiger partial charge in [0.1, 0.15) is 0 Å². The summed E-state index contributed by atoms with van der Waals surface area (Å²) >= 11 is 0. The zero-order valence-corrected chi connectivity index (χ0v) is 9.22. The van der Waals surface area contributed by atoms with Crippen LogP contribution in [0.4, 0.5) is 13.2 Å². The zero-order valence-electron chi connectivity index (χ0n) is 9.22. The predicted octanol–water partition coefficient (Wildman–Crippen LogP) is 1.05. The first-order valence-corrected chi connectivity index (χ1v) is 5.38. The van der Waals surface area contributed by atoms with E-state index in [1.54, 1.807) is 0 Å². The van der Waals surface area contributed by atoms with E-state index in [1.165, 1.54) is 0 Å². The molecule has 0 aromatic heterocycles. The number of hydrogen-bond acceptors (Lipinski definition) is 3. The molecule has 0 bridgehead atoms. The quantitative estimate of drug-likeness (QED) is 0.689. The Labute approximate surface area is 92.7 Å². The second-order valence-corrected chi connectivity index (χ2v) is 4.72. The Bertz CT molecular complexity index is 235. The molecule has 3 atom stereocenters. The number of nitrogens with one attached hydrogen (secondary N) is 1. The first-order chi connectivity index (χ1) is 7.29. The van der Waals surface area contributed by atoms with Gasteiger partial charge in [0.15, 0.2) is 6.10 Å². The smallest absolute Gasteiger partial charge is 0.396 e. The highest BCUT2D eigenvalue weighted by Gasteiger charge is 2.41. The van der Waals surface area contributed by atoms with E-state index in [2.05, 4.69) is 5.32 Å². The fraction of sp³-hybridized carbons (Fsp3) is 1.00. The number of aliphatic hydroxyl groups is 2. The third kappa shape index (κ3) is 3.09. The topological polar surface area (TPSA) is 52.5 Å². The van der Waals surface area contributed by atoms with Crippen molar-refractivity contribution in [2.24, 2.45) is 5.41 Å². The average molecular weight is 241 g/mol. The SMILES string of the molecule is C[C@]1(CO)CCC[C@@H]1NC[C@@H](O)C(F)(F)F. The summed E-state index contributed by atoms with van der Waals surface area (Å²) in [4.78, 5) is 0. The highest BCUT2D eigenvalue weighted by molar-refractivity contribution is 4.93. The van der Waals surface area contributed by atoms with E-state index < -0.39 is 18.8 Å². The fourth-order valence-electron chi connectivity index (χ4n) is 2.14. The number of aliphatic hydroxyl groups excluding tert-OH is 2. The van der Waals surface area contributed by atoms with Gasteiger partial charge in [-0.3, -0.25) is 0 Å². The third-order valence-corrected chi connectivity index (χ3v) is 3.38. The molecule has 0 unspecified atom stereocenters. The molecule has 1 fully saturated rings. The lowest BCUT2D eigenvalue weighted by Crippen LogP contribution is -2.47. The molecule has 6 heteroatoms. The molecule has 1 aliphatic carbocycles. The van der Waals surface area contributed by atoms with Gasteiger partial charge in [-0.2, -0.15) is 13.2 Å². The second-order valence-electron chi connectivity index (χ2n) is 4.72. The third-order valence-electron chi connectivity index (χ3n) is 3.38. The second kappa shape index (κ2) is 4.89. The maximum Gasteiger partial charge on any atom is 0.415 e. The van der Waals surface area contributed by atoms with Crippen molar-refractivity contribution >= 4 is 0 Å². The largest absolute Gasteiger partial charge is 0.415 e. The molecule has 0 heterocycles. The van der Waals surface area contributed by atoms with Crippen LogP contribution in [0.25, 0.3) is 0 Å². The van der Waals surface area contributed by atoms with Crippen molar-refractivity contribution in [3.63, 3.8) is 0 Å². The van der Waals surface area contributed by atoms with Crippen LogP contribution >= 0.6 is 0 Å². The molecule has 0 aromatic rings. The highest BCUT2D eigenvalue weighted by atomic mass is 19.4. The van der Waals surface area contributed by atoms with Gasteiger partial charge in [-0.25, -0.2) is 0 Å². The molecule has 0 amide bonds. The zero-order chi connectivity index (χ0) is 12.4. The molecule has 0 spiro atoms. The van der Waals surface area contributed by atoms with Crippen LogP contribution < -0.4 is 5.32 Å². The lowest BCUT2D eigenvalue weighted by molar-refractivity contribution is -0.202. The van der Waals surface area contributed by atoms with Crippen molar-refractivity contribution in [1.82, 2.24) is 5.32 Å². The standard InChI is InChI=1S/C10H18F3NO2/c1-9(6-15)4-2-3-7(9)14-5-8(16)10(11,12)13/h7-8,14-16H,2-6H2,1H3/t7-,8+,9+/m0/s1. The van der Waals surface area contributed by atoms with E-state index in [9.17, 15) is 18.3 Å². The van der Waals surface area contributed by atoms with Gasteiger partial charge < -0.3 is 15.5 Å². The van der Waals surface area contributed by atoms with E-state index in [-0.39, 0.29) is 18.1 Å². The van der Waals surface area contributed by atoms with Crippen LogP contribution in [-0.2, 0) is 0 Å². The molecule has 3 N–H and O–H groups in total. The molecule has 3 nitrogen and oxygen atoms in total. The van der Waals surface area contributed by atoms with Gasteiger partial charge in [-0.1, -0.05) is 13.3 Å². The van der Waals surface area contributed by atoms with Gasteiger partial charge in [-0.05, 0) is 12.8 Å². The van der Waals surface area contributed by atoms with E-state index in [0.717, 1.165) is 19.3 Å². The Kier molecular flexibility index (Phi) is 4.20. The van der Waals surface area contributed by atoms with Crippen molar-refractivity contribution in [1.29, 1.82) is 0 Å². The molecule has 0 radical (unpaired) electrons. The van der Waals surface area contributed by atoms with Crippen LogP contribution in [0.3, 0.4) is 0 Å². The minimum absolute atomic E-state index is 0.0488. The molecule has 1 rings (SSSR count). The summed E-state index contributed by atoms with van der Waals surface area (Å²) in [5.41, 5.74) is -0.370. The van der Waals surface area contributed by atoms with Crippen LogP contribution in [0, 0.1) is 5.41 Å². The average Bonchev–Trinajstić information content (AvgIpc) is 2.56. The van der Waals surface area contributed by atoms with Crippen LogP contribution in [0.15, 0.2) is 0 Å². The summed E-state index contributed by atoms with van der Waals surface area (Å²) in [5.74, 6) is 0. The fourth-order valence-corrected chi connectivity index (χ4v) is 2.14. The summed E-state index contributed by atoms with van der Waals surface area (Å²) in [6.07, 6.45) is -4.50. The van der Waals surface area contributed by atoms with Gasteiger partial charge >= 0.3 is 6.18 Å². The van der Waals surface area contributed by atoms with Gasteiger partial charge in [-0.15, -0.1) is 0 Å². The summed E-state index contributed by atoms with van der Waals surface area (Å²) in [7, 11) is 0. The number of alkyl halides is 3. The highest BCUT2D eigenvalue weighted by Crippen LogP contribution is 2.37. The number of rotatable bonds is 4. The Morgan fingerprint density at radius 1 is 1.50 bits per heavy atom. The maximum atomic E-state index is 12.1. The summed E-state index contributed by atoms with van der Waals surface area (Å²) < 4.78 is 36.2. The van der Waals surface area contributed by atoms with Gasteiger partial charge in [0.25, 0.3) is 0 Å². The Morgan fingerprint density at radius 2 is 2.12 bits per heavy atom. The maximum absolute atomic E-state index is 12.1. The minimum atomic E-state index is -4.58. The molecule has 0 saturated heterocycles. The van der Waals surface area contributed by atoms with Gasteiger partial charge in [0.05, 0.1) is 0 Å². The molecule has 96 valence electrons. The molecule has 0 aliphatic heterocycles. The molecule has 1 saturated carbocycles. The van der Waals surface area contributed by atoms with Crippen LogP contribution in [-0.4, -0.2) is 41.7 Å². The Hall–Kier alpha value is -0.330. The molecule has 1 aliphatic rings. The predicted molar refractivity (Wildman–Crippen MR) is 52.9 cm³/mol. The normalized spacial score (nSPS) is 33.0. The number of halogens is 3. The van der Waals surface area contributed by atoms with E-state index in [4.69, 9.17) is 5.11 Å². The van der Waals surface area contributed by atoms with Crippen molar-refractivity contribution in [3.8, 4) is 0 Å². The molecular formula is C10H18F3NO2. The molecular weight excluding hydrogens is 223 g/mol.